The van der Waals surface area contributed by atoms with Crippen LogP contribution < -0.4 is 5.32 Å². The molecule has 1 aliphatic carbocycles. The average molecular weight is 404 g/mol. The van der Waals surface area contributed by atoms with Gasteiger partial charge in [-0.1, -0.05) is 41.6 Å². The van der Waals surface area contributed by atoms with E-state index in [9.17, 15) is 9.59 Å². The van der Waals surface area contributed by atoms with Gasteiger partial charge in [0.1, 0.15) is 0 Å². The summed E-state index contributed by atoms with van der Waals surface area (Å²) in [6.07, 6.45) is 3.53. The summed E-state index contributed by atoms with van der Waals surface area (Å²) in [4.78, 5) is 31.8. The van der Waals surface area contributed by atoms with Crippen LogP contribution in [0, 0.1) is 5.92 Å². The smallest absolute Gasteiger partial charge is 0.254 e. The van der Waals surface area contributed by atoms with Crippen LogP contribution >= 0.6 is 0 Å². The zero-order valence-electron chi connectivity index (χ0n) is 16.7. The SMILES string of the molecule is O=C(NCc1nc(C2CC2)no1)C1CCN(C(=O)c2cccc3ccccc23)CC1. The summed E-state index contributed by atoms with van der Waals surface area (Å²) < 4.78 is 5.21. The van der Waals surface area contributed by atoms with Crippen LogP contribution in [-0.4, -0.2) is 39.9 Å². The number of piperidine rings is 1. The van der Waals surface area contributed by atoms with Gasteiger partial charge in [0.05, 0.1) is 6.54 Å². The van der Waals surface area contributed by atoms with E-state index in [1.165, 1.54) is 0 Å². The number of benzene rings is 2. The number of nitrogens with zero attached hydrogens (tertiary/aromatic N) is 3. The van der Waals surface area contributed by atoms with Crippen LogP contribution in [0.2, 0.25) is 0 Å². The largest absolute Gasteiger partial charge is 0.347 e. The summed E-state index contributed by atoms with van der Waals surface area (Å²) in [5, 5.41) is 8.90. The number of amides is 2. The molecule has 1 aromatic heterocycles. The van der Waals surface area contributed by atoms with E-state index in [0.29, 0.717) is 37.7 Å². The van der Waals surface area contributed by atoms with Crippen LogP contribution in [-0.2, 0) is 11.3 Å². The molecule has 5 rings (SSSR count). The first-order chi connectivity index (χ1) is 14.7. The third kappa shape index (κ3) is 3.79. The third-order valence-electron chi connectivity index (χ3n) is 6.01. The molecule has 0 radical (unpaired) electrons. The van der Waals surface area contributed by atoms with Crippen molar-refractivity contribution in [3.05, 3.63) is 59.7 Å². The van der Waals surface area contributed by atoms with Gasteiger partial charge in [0.15, 0.2) is 5.82 Å². The molecular formula is C23H24N4O3. The van der Waals surface area contributed by atoms with E-state index in [2.05, 4.69) is 15.5 Å². The summed E-state index contributed by atoms with van der Waals surface area (Å²) in [6, 6.07) is 13.7. The molecule has 7 heteroatoms. The molecule has 2 amide bonds. The highest BCUT2D eigenvalue weighted by atomic mass is 16.5. The van der Waals surface area contributed by atoms with Gasteiger partial charge in [-0.05, 0) is 42.5 Å². The number of carbonyl (C=O) groups is 2. The number of fused-ring (bicyclic) bond motifs is 1. The number of aromatic nitrogens is 2. The summed E-state index contributed by atoms with van der Waals surface area (Å²) >= 11 is 0. The summed E-state index contributed by atoms with van der Waals surface area (Å²) in [5.41, 5.74) is 0.721. The topological polar surface area (TPSA) is 88.3 Å². The van der Waals surface area contributed by atoms with Crippen molar-refractivity contribution in [3.8, 4) is 0 Å². The van der Waals surface area contributed by atoms with Gasteiger partial charge in [0, 0.05) is 30.5 Å². The van der Waals surface area contributed by atoms with Gasteiger partial charge in [0.2, 0.25) is 11.8 Å². The molecule has 2 aromatic carbocycles. The second-order valence-corrected chi connectivity index (χ2v) is 8.13. The second-order valence-electron chi connectivity index (χ2n) is 8.13. The van der Waals surface area contributed by atoms with E-state index >= 15 is 0 Å². The van der Waals surface area contributed by atoms with Crippen molar-refractivity contribution in [2.24, 2.45) is 5.92 Å². The highest BCUT2D eigenvalue weighted by Crippen LogP contribution is 2.38. The lowest BCUT2D eigenvalue weighted by Crippen LogP contribution is -2.43. The van der Waals surface area contributed by atoms with Gasteiger partial charge in [-0.15, -0.1) is 0 Å². The zero-order valence-corrected chi connectivity index (χ0v) is 16.7. The number of hydrogen-bond donors (Lipinski definition) is 1. The Morgan fingerprint density at radius 3 is 2.60 bits per heavy atom. The normalized spacial score (nSPS) is 17.3. The van der Waals surface area contributed by atoms with Gasteiger partial charge >= 0.3 is 0 Å². The molecule has 2 aliphatic rings. The minimum absolute atomic E-state index is 0.0153. The molecule has 154 valence electrons. The van der Waals surface area contributed by atoms with Gasteiger partial charge in [0.25, 0.3) is 5.91 Å². The first-order valence-electron chi connectivity index (χ1n) is 10.6. The molecule has 1 saturated heterocycles. The fraction of sp³-hybridized carbons (Fsp3) is 0.391. The molecule has 0 atom stereocenters. The number of rotatable bonds is 5. The van der Waals surface area contributed by atoms with E-state index in [0.717, 1.165) is 35.0 Å². The quantitative estimate of drug-likeness (QED) is 0.705. The van der Waals surface area contributed by atoms with Gasteiger partial charge in [-0.25, -0.2) is 0 Å². The lowest BCUT2D eigenvalue weighted by atomic mass is 9.95. The summed E-state index contributed by atoms with van der Waals surface area (Å²) in [5.74, 6) is 1.55. The molecule has 0 unspecified atom stereocenters. The minimum atomic E-state index is -0.104. The van der Waals surface area contributed by atoms with E-state index in [1.54, 1.807) is 0 Å². The van der Waals surface area contributed by atoms with Crippen LogP contribution in [0.5, 0.6) is 0 Å². The van der Waals surface area contributed by atoms with E-state index in [1.807, 2.05) is 47.4 Å². The lowest BCUT2D eigenvalue weighted by molar-refractivity contribution is -0.126. The fourth-order valence-electron chi connectivity index (χ4n) is 4.08. The highest BCUT2D eigenvalue weighted by Gasteiger charge is 2.30. The molecule has 30 heavy (non-hydrogen) atoms. The predicted molar refractivity (Wildman–Crippen MR) is 111 cm³/mol. The summed E-state index contributed by atoms with van der Waals surface area (Å²) in [6.45, 7) is 1.41. The van der Waals surface area contributed by atoms with Crippen LogP contribution in [0.25, 0.3) is 10.8 Å². The van der Waals surface area contributed by atoms with Crippen LogP contribution in [0.15, 0.2) is 47.0 Å². The maximum absolute atomic E-state index is 13.1. The molecular weight excluding hydrogens is 380 g/mol. The van der Waals surface area contributed by atoms with Gasteiger partial charge in [-0.2, -0.15) is 4.98 Å². The van der Waals surface area contributed by atoms with Crippen molar-refractivity contribution in [1.82, 2.24) is 20.4 Å². The maximum Gasteiger partial charge on any atom is 0.254 e. The molecule has 3 aromatic rings. The Labute approximate surface area is 174 Å². The number of hydrogen-bond acceptors (Lipinski definition) is 5. The molecule has 1 N–H and O–H groups in total. The Bertz CT molecular complexity index is 1080. The van der Waals surface area contributed by atoms with Crippen molar-refractivity contribution in [1.29, 1.82) is 0 Å². The molecule has 7 nitrogen and oxygen atoms in total. The molecule has 2 fully saturated rings. The Morgan fingerprint density at radius 2 is 1.80 bits per heavy atom. The van der Waals surface area contributed by atoms with E-state index in [-0.39, 0.29) is 24.3 Å². The standard InChI is InChI=1S/C23H24N4O3/c28-22(24-14-20-25-21(26-30-20)16-8-9-16)17-10-12-27(13-11-17)23(29)19-7-3-5-15-4-1-2-6-18(15)19/h1-7,16-17H,8-14H2,(H,24,28). The van der Waals surface area contributed by atoms with Crippen molar-refractivity contribution in [2.75, 3.05) is 13.1 Å². The van der Waals surface area contributed by atoms with Crippen molar-refractivity contribution in [2.45, 2.75) is 38.1 Å². The fourth-order valence-corrected chi connectivity index (χ4v) is 4.08. The van der Waals surface area contributed by atoms with E-state index in [4.69, 9.17) is 4.52 Å². The molecule has 0 bridgehead atoms. The van der Waals surface area contributed by atoms with Crippen molar-refractivity contribution < 1.29 is 14.1 Å². The van der Waals surface area contributed by atoms with Gasteiger partial charge < -0.3 is 14.7 Å². The first kappa shape index (κ1) is 18.8. The van der Waals surface area contributed by atoms with Crippen molar-refractivity contribution in [3.63, 3.8) is 0 Å². The lowest BCUT2D eigenvalue weighted by Gasteiger charge is -2.31. The Balaban J connectivity index is 1.16. The minimum Gasteiger partial charge on any atom is -0.347 e. The maximum atomic E-state index is 13.1. The Hall–Kier alpha value is -3.22. The number of nitrogens with one attached hydrogen (secondary N) is 1. The molecule has 1 aliphatic heterocycles. The Kier molecular flexibility index (Phi) is 4.94. The first-order valence-corrected chi connectivity index (χ1v) is 10.6. The van der Waals surface area contributed by atoms with Gasteiger partial charge in [-0.3, -0.25) is 9.59 Å². The average Bonchev–Trinajstić information content (AvgIpc) is 3.54. The molecule has 2 heterocycles. The van der Waals surface area contributed by atoms with Crippen molar-refractivity contribution >= 4 is 22.6 Å². The molecule has 1 saturated carbocycles. The van der Waals surface area contributed by atoms with Crippen LogP contribution in [0.4, 0.5) is 0 Å². The van der Waals surface area contributed by atoms with E-state index < -0.39 is 0 Å². The highest BCUT2D eigenvalue weighted by molar-refractivity contribution is 6.07. The monoisotopic (exact) mass is 404 g/mol. The number of likely N-dealkylation sites (tertiary alicyclic amines) is 1. The molecule has 0 spiro atoms. The Morgan fingerprint density at radius 1 is 1.03 bits per heavy atom. The zero-order chi connectivity index (χ0) is 20.5. The summed E-state index contributed by atoms with van der Waals surface area (Å²) in [7, 11) is 0. The second kappa shape index (κ2) is 7.89. The number of carbonyl (C=O) groups excluding carboxylic acids is 2. The third-order valence-corrected chi connectivity index (χ3v) is 6.01. The van der Waals surface area contributed by atoms with Crippen LogP contribution in [0.1, 0.15) is 53.7 Å². The predicted octanol–water partition coefficient (Wildman–Crippen LogP) is 3.27. The van der Waals surface area contributed by atoms with Crippen LogP contribution in [0.3, 0.4) is 0 Å².